The summed E-state index contributed by atoms with van der Waals surface area (Å²) in [6.45, 7) is 15.8. The minimum absolute atomic E-state index is 0.0106. The lowest BCUT2D eigenvalue weighted by molar-refractivity contribution is -0.292. The minimum atomic E-state index is -0.761. The summed E-state index contributed by atoms with van der Waals surface area (Å²) in [5.41, 5.74) is 2.29. The monoisotopic (exact) mass is 783 g/mol. The Morgan fingerprint density at radius 1 is 0.750 bits per heavy atom. The molecule has 312 valence electrons. The van der Waals surface area contributed by atoms with E-state index >= 15 is 0 Å². The Labute approximate surface area is 332 Å². The molecule has 18 atom stereocenters. The molecular weight excluding hydrogens is 718 g/mol. The van der Waals surface area contributed by atoms with Crippen LogP contribution >= 0.6 is 0 Å². The lowest BCUT2D eigenvalue weighted by Crippen LogP contribution is -2.61. The molecule has 11 aliphatic rings. The van der Waals surface area contributed by atoms with E-state index < -0.39 is 5.79 Å². The van der Waals surface area contributed by atoms with Crippen LogP contribution in [0.1, 0.15) is 96.8 Å². The Morgan fingerprint density at radius 2 is 1.52 bits per heavy atom. The van der Waals surface area contributed by atoms with Gasteiger partial charge in [0.1, 0.15) is 36.3 Å². The Bertz CT molecular complexity index is 1470. The van der Waals surface area contributed by atoms with Gasteiger partial charge in [0.05, 0.1) is 74.3 Å². The van der Waals surface area contributed by atoms with Crippen LogP contribution in [0, 0.1) is 11.8 Å². The first-order valence-electron chi connectivity index (χ1n) is 22.2. The summed E-state index contributed by atoms with van der Waals surface area (Å²) in [5.74, 6) is -0.340. The zero-order valence-corrected chi connectivity index (χ0v) is 33.6. The second-order valence-electron chi connectivity index (χ2n) is 18.9. The van der Waals surface area contributed by atoms with E-state index in [4.69, 9.17) is 47.4 Å². The van der Waals surface area contributed by atoms with Crippen molar-refractivity contribution >= 4 is 5.78 Å². The van der Waals surface area contributed by atoms with E-state index in [1.165, 1.54) is 5.57 Å². The second-order valence-corrected chi connectivity index (χ2v) is 18.9. The largest absolute Gasteiger partial charge is 0.379 e. The topological polar surface area (TPSA) is 113 Å². The number of fused-ring (bicyclic) bond motifs is 6. The van der Waals surface area contributed by atoms with Crippen LogP contribution in [-0.2, 0) is 52.2 Å². The van der Waals surface area contributed by atoms with Crippen LogP contribution in [0.5, 0.6) is 0 Å². The van der Waals surface area contributed by atoms with Gasteiger partial charge in [-0.3, -0.25) is 9.69 Å². The summed E-state index contributed by atoms with van der Waals surface area (Å²) < 4.78 is 66.5. The summed E-state index contributed by atoms with van der Waals surface area (Å²) in [6.07, 6.45) is 8.66. The van der Waals surface area contributed by atoms with Crippen LogP contribution in [0.15, 0.2) is 24.3 Å². The number of carbonyl (C=O) groups is 1. The molecular formula is C44H65NO11. The molecule has 0 aromatic rings. The van der Waals surface area contributed by atoms with Gasteiger partial charge in [0, 0.05) is 58.2 Å². The average Bonchev–Trinajstić information content (AvgIpc) is 3.87. The first kappa shape index (κ1) is 38.9. The molecule has 0 radical (unpaired) electrons. The van der Waals surface area contributed by atoms with Gasteiger partial charge in [-0.05, 0) is 81.4 Å². The molecule has 12 bridgehead atoms. The highest BCUT2D eigenvalue weighted by Gasteiger charge is 2.68. The van der Waals surface area contributed by atoms with Gasteiger partial charge in [-0.2, -0.15) is 0 Å². The van der Waals surface area contributed by atoms with Crippen LogP contribution in [0.25, 0.3) is 0 Å². The van der Waals surface area contributed by atoms with Gasteiger partial charge in [-0.1, -0.05) is 20.1 Å². The van der Waals surface area contributed by atoms with Gasteiger partial charge < -0.3 is 47.4 Å². The molecule has 0 aromatic heterocycles. The van der Waals surface area contributed by atoms with Crippen molar-refractivity contribution < 1.29 is 52.2 Å². The van der Waals surface area contributed by atoms with Crippen molar-refractivity contribution in [3.8, 4) is 0 Å². The van der Waals surface area contributed by atoms with E-state index in [1.807, 2.05) is 0 Å². The standard InChI is InChI=1S/C44H65NO11/c1-24-18-28-7-9-32-25(2)19-30(49-32)11-12-44-23-37-40(55-44)41-42(54-37)43(56-44)39-34(53-41)10-8-29(51-39)20-27(46)21-31-36(22-35(50-28)26(24)3)52-33(38(31)47-4)6-5-13-45-14-16-48-17-15-45/h24,28-43H,2-3,5-23H2,1,4H3/t24-,28+,29-,30+,31+,32+,33-,34+,35-,36+,37-,38-,39+,40+,41+,42-,43+,44+/m1/s1. The molecule has 0 N–H and O–H groups in total. The molecule has 0 amide bonds. The quantitative estimate of drug-likeness (QED) is 0.356. The van der Waals surface area contributed by atoms with Gasteiger partial charge in [0.25, 0.3) is 0 Å². The van der Waals surface area contributed by atoms with Crippen molar-refractivity contribution in [2.24, 2.45) is 11.8 Å². The molecule has 0 unspecified atom stereocenters. The first-order valence-corrected chi connectivity index (χ1v) is 22.2. The number of nitrogens with zero attached hydrogens (tertiary/aromatic N) is 1. The highest BCUT2D eigenvalue weighted by atomic mass is 16.8. The molecule has 11 heterocycles. The number of hydrogen-bond acceptors (Lipinski definition) is 12. The van der Waals surface area contributed by atoms with Crippen LogP contribution in [0.4, 0.5) is 0 Å². The lowest BCUT2D eigenvalue weighted by atomic mass is 9.81. The Hall–Kier alpha value is -1.29. The fraction of sp³-hybridized carbons (Fsp3) is 0.886. The summed E-state index contributed by atoms with van der Waals surface area (Å²) in [6, 6.07) is 0. The van der Waals surface area contributed by atoms with Crippen molar-refractivity contribution in [2.45, 2.75) is 194 Å². The molecule has 0 aromatic carbocycles. The molecule has 11 saturated heterocycles. The van der Waals surface area contributed by atoms with Crippen LogP contribution in [0.2, 0.25) is 0 Å². The summed E-state index contributed by atoms with van der Waals surface area (Å²) in [7, 11) is 1.78. The average molecular weight is 784 g/mol. The molecule has 12 heteroatoms. The minimum Gasteiger partial charge on any atom is -0.379 e. The van der Waals surface area contributed by atoms with Gasteiger partial charge in [-0.15, -0.1) is 0 Å². The zero-order chi connectivity index (χ0) is 38.1. The number of carbonyl (C=O) groups excluding carboxylic acids is 1. The molecule has 1 spiro atoms. The summed E-state index contributed by atoms with van der Waals surface area (Å²) in [5, 5.41) is 0. The summed E-state index contributed by atoms with van der Waals surface area (Å²) >= 11 is 0. The second kappa shape index (κ2) is 16.0. The van der Waals surface area contributed by atoms with Gasteiger partial charge in [-0.25, -0.2) is 0 Å². The predicted molar refractivity (Wildman–Crippen MR) is 203 cm³/mol. The van der Waals surface area contributed by atoms with Crippen LogP contribution in [0.3, 0.4) is 0 Å². The van der Waals surface area contributed by atoms with Gasteiger partial charge in [0.2, 0.25) is 0 Å². The Morgan fingerprint density at radius 3 is 2.38 bits per heavy atom. The van der Waals surface area contributed by atoms with Crippen molar-refractivity contribution in [3.63, 3.8) is 0 Å². The van der Waals surface area contributed by atoms with E-state index in [-0.39, 0.29) is 103 Å². The molecule has 0 aliphatic carbocycles. The fourth-order valence-corrected chi connectivity index (χ4v) is 12.3. The predicted octanol–water partition coefficient (Wildman–Crippen LogP) is 4.84. The van der Waals surface area contributed by atoms with Crippen molar-refractivity contribution in [3.05, 3.63) is 24.3 Å². The van der Waals surface area contributed by atoms with Gasteiger partial charge in [0.15, 0.2) is 5.79 Å². The lowest BCUT2D eigenvalue weighted by Gasteiger charge is -2.47. The third kappa shape index (κ3) is 7.43. The van der Waals surface area contributed by atoms with Crippen molar-refractivity contribution in [1.82, 2.24) is 4.90 Å². The fourth-order valence-electron chi connectivity index (χ4n) is 12.3. The Kier molecular flexibility index (Phi) is 11.1. The molecule has 0 saturated carbocycles. The highest BCUT2D eigenvalue weighted by Crippen LogP contribution is 2.54. The van der Waals surface area contributed by atoms with E-state index in [9.17, 15) is 4.79 Å². The molecule has 11 aliphatic heterocycles. The number of hydrogen-bond donors (Lipinski definition) is 0. The van der Waals surface area contributed by atoms with Crippen LogP contribution in [-0.4, -0.2) is 148 Å². The SMILES string of the molecule is C=C1C[C@@H]2CC[C@@]34C[C@H]5O[C@H]6[C@@H](O3)[C@H]3O[C@H](CC[C@@H]3O[C@H]6[C@H]5O4)CC(=O)C[C@@H]3[C@@H](OC)[C@@H](CCCN4CCOCC4)O[C@H]3C[C@H]3O[C@@H](CC[C@@H]1O2)C[C@@H](C)C3=C. The number of methoxy groups -OCH3 is 1. The first-order chi connectivity index (χ1) is 27.2. The van der Waals surface area contributed by atoms with E-state index in [0.717, 1.165) is 103 Å². The third-order valence-electron chi connectivity index (χ3n) is 15.3. The number of rotatable bonds is 5. The van der Waals surface area contributed by atoms with Gasteiger partial charge >= 0.3 is 0 Å². The number of ketones is 1. The zero-order valence-electron chi connectivity index (χ0n) is 33.6. The van der Waals surface area contributed by atoms with E-state index in [2.05, 4.69) is 25.0 Å². The maximum Gasteiger partial charge on any atom is 0.172 e. The molecule has 11 fully saturated rings. The number of morpholine rings is 1. The van der Waals surface area contributed by atoms with E-state index in [0.29, 0.717) is 31.6 Å². The normalized spacial score (nSPS) is 50.9. The third-order valence-corrected chi connectivity index (χ3v) is 15.3. The maximum absolute atomic E-state index is 14.2. The number of ether oxygens (including phenoxy) is 10. The molecule has 56 heavy (non-hydrogen) atoms. The van der Waals surface area contributed by atoms with Crippen molar-refractivity contribution in [2.75, 3.05) is 40.0 Å². The molecule has 11 rings (SSSR count). The highest BCUT2D eigenvalue weighted by molar-refractivity contribution is 5.79. The maximum atomic E-state index is 14.2. The Balaban J connectivity index is 0.901. The molecule has 12 nitrogen and oxygen atoms in total. The summed E-state index contributed by atoms with van der Waals surface area (Å²) in [4.78, 5) is 16.7. The van der Waals surface area contributed by atoms with Crippen LogP contribution < -0.4 is 0 Å². The van der Waals surface area contributed by atoms with Crippen molar-refractivity contribution in [1.29, 1.82) is 0 Å². The smallest absolute Gasteiger partial charge is 0.172 e. The van der Waals surface area contributed by atoms with E-state index in [1.54, 1.807) is 7.11 Å². The number of Topliss-reactive ketones (excluding diaryl/α,β-unsaturated/α-hetero) is 1.